The van der Waals surface area contributed by atoms with E-state index >= 15 is 0 Å². The van der Waals surface area contributed by atoms with Crippen LogP contribution < -0.4 is 0 Å². The number of azo groups is 1. The van der Waals surface area contributed by atoms with Crippen molar-refractivity contribution in [3.8, 4) is 0 Å². The van der Waals surface area contributed by atoms with Crippen molar-refractivity contribution in [2.24, 2.45) is 10.2 Å². The van der Waals surface area contributed by atoms with E-state index in [4.69, 9.17) is 10.8 Å². The van der Waals surface area contributed by atoms with E-state index < -0.39 is 0 Å². The van der Waals surface area contributed by atoms with Gasteiger partial charge >= 0.3 is 0 Å². The molecule has 0 radical (unpaired) electrons. The van der Waals surface area contributed by atoms with Crippen molar-refractivity contribution < 1.29 is 0 Å². The second kappa shape index (κ2) is 6.60. The van der Waals surface area contributed by atoms with E-state index in [-0.39, 0.29) is 11.7 Å². The Balaban J connectivity index is 2.07. The lowest BCUT2D eigenvalue weighted by atomic mass is 10.1. The highest BCUT2D eigenvalue weighted by atomic mass is 15.2. The van der Waals surface area contributed by atoms with Crippen LogP contribution in [-0.2, 0) is 0 Å². The maximum absolute atomic E-state index is 7.82. The van der Waals surface area contributed by atoms with E-state index in [1.165, 1.54) is 0 Å². The summed E-state index contributed by atoms with van der Waals surface area (Å²) in [5, 5.41) is 23.0. The molecule has 0 bridgehead atoms. The smallest absolute Gasteiger partial charge is 0.193 e. The SMILES string of the molecule is CC(C)c1ccc(C(=N)/N=N\C(=N)c2ccccn2)nc1. The van der Waals surface area contributed by atoms with Crippen molar-refractivity contribution in [3.05, 3.63) is 59.7 Å². The van der Waals surface area contributed by atoms with Gasteiger partial charge in [0.2, 0.25) is 0 Å². The minimum absolute atomic E-state index is 0.0778. The Morgan fingerprint density at radius 1 is 0.952 bits per heavy atom. The van der Waals surface area contributed by atoms with Crippen molar-refractivity contribution in [2.75, 3.05) is 0 Å². The molecule has 0 aliphatic heterocycles. The molecule has 6 heteroatoms. The van der Waals surface area contributed by atoms with Gasteiger partial charge in [0, 0.05) is 12.4 Å². The van der Waals surface area contributed by atoms with Gasteiger partial charge in [0.15, 0.2) is 11.7 Å². The van der Waals surface area contributed by atoms with Gasteiger partial charge in [0.25, 0.3) is 0 Å². The van der Waals surface area contributed by atoms with Gasteiger partial charge in [-0.1, -0.05) is 26.0 Å². The Kier molecular flexibility index (Phi) is 4.61. The number of hydrogen-bond acceptors (Lipinski definition) is 4. The topological polar surface area (TPSA) is 98.2 Å². The third kappa shape index (κ3) is 3.85. The number of pyridine rings is 2. The summed E-state index contributed by atoms with van der Waals surface area (Å²) in [6.45, 7) is 4.16. The molecule has 0 spiro atoms. The second-order valence-corrected chi connectivity index (χ2v) is 4.74. The first-order valence-electron chi connectivity index (χ1n) is 6.54. The molecule has 0 aliphatic rings. The first kappa shape index (κ1) is 14.6. The van der Waals surface area contributed by atoms with Gasteiger partial charge in [-0.05, 0) is 29.7 Å². The molecular formula is C15H16N6. The Hall–Kier alpha value is -2.76. The van der Waals surface area contributed by atoms with Crippen molar-refractivity contribution in [1.82, 2.24) is 9.97 Å². The number of aromatic nitrogens is 2. The zero-order valence-electron chi connectivity index (χ0n) is 11.9. The number of rotatable bonds is 3. The van der Waals surface area contributed by atoms with Gasteiger partial charge in [0.1, 0.15) is 11.4 Å². The highest BCUT2D eigenvalue weighted by Gasteiger charge is 2.05. The molecule has 2 heterocycles. The van der Waals surface area contributed by atoms with Gasteiger partial charge in [-0.3, -0.25) is 20.8 Å². The summed E-state index contributed by atoms with van der Waals surface area (Å²) in [5.41, 5.74) is 1.94. The van der Waals surface area contributed by atoms with E-state index in [1.54, 1.807) is 36.7 Å². The number of nitrogens with one attached hydrogen (secondary N) is 2. The van der Waals surface area contributed by atoms with Crippen molar-refractivity contribution in [2.45, 2.75) is 19.8 Å². The summed E-state index contributed by atoms with van der Waals surface area (Å²) in [7, 11) is 0. The third-order valence-corrected chi connectivity index (χ3v) is 2.85. The van der Waals surface area contributed by atoms with Crippen molar-refractivity contribution in [3.63, 3.8) is 0 Å². The zero-order valence-corrected chi connectivity index (χ0v) is 11.9. The van der Waals surface area contributed by atoms with E-state index in [9.17, 15) is 0 Å². The second-order valence-electron chi connectivity index (χ2n) is 4.74. The van der Waals surface area contributed by atoms with Crippen LogP contribution in [0, 0.1) is 10.8 Å². The van der Waals surface area contributed by atoms with E-state index in [0.717, 1.165) is 5.56 Å². The monoisotopic (exact) mass is 280 g/mol. The minimum atomic E-state index is -0.0841. The molecule has 0 fully saturated rings. The molecule has 2 rings (SSSR count). The maximum atomic E-state index is 7.82. The molecule has 0 atom stereocenters. The summed E-state index contributed by atoms with van der Waals surface area (Å²) in [6, 6.07) is 8.85. The van der Waals surface area contributed by atoms with Crippen LogP contribution in [-0.4, -0.2) is 21.6 Å². The Morgan fingerprint density at radius 3 is 2.10 bits per heavy atom. The summed E-state index contributed by atoms with van der Waals surface area (Å²) < 4.78 is 0. The normalized spacial score (nSPS) is 11.0. The molecule has 0 unspecified atom stereocenters. The largest absolute Gasteiger partial charge is 0.279 e. The standard InChI is InChI=1S/C15H16N6/c1-10(2)11-6-7-13(19-9-11)15(17)21-20-14(16)12-5-3-4-8-18-12/h3-10,16-17H,1-2H3/b16-14?,17-15?,21-20-. The van der Waals surface area contributed by atoms with Crippen molar-refractivity contribution in [1.29, 1.82) is 10.8 Å². The van der Waals surface area contributed by atoms with Crippen LogP contribution >= 0.6 is 0 Å². The highest BCUT2D eigenvalue weighted by molar-refractivity contribution is 5.99. The predicted molar refractivity (Wildman–Crippen MR) is 81.1 cm³/mol. The van der Waals surface area contributed by atoms with E-state index in [2.05, 4.69) is 34.0 Å². The molecule has 0 saturated carbocycles. The fraction of sp³-hybridized carbons (Fsp3) is 0.200. The van der Waals surface area contributed by atoms with Crippen LogP contribution in [0.15, 0.2) is 53.0 Å². The lowest BCUT2D eigenvalue weighted by molar-refractivity contribution is 0.857. The molecule has 6 nitrogen and oxygen atoms in total. The van der Waals surface area contributed by atoms with Crippen LogP contribution in [0.2, 0.25) is 0 Å². The molecule has 0 aromatic carbocycles. The molecule has 0 aliphatic carbocycles. The van der Waals surface area contributed by atoms with Crippen LogP contribution in [0.4, 0.5) is 0 Å². The molecule has 2 aromatic rings. The first-order valence-corrected chi connectivity index (χ1v) is 6.54. The molecule has 0 saturated heterocycles. The summed E-state index contributed by atoms with van der Waals surface area (Å²) in [6.07, 6.45) is 3.31. The third-order valence-electron chi connectivity index (χ3n) is 2.85. The highest BCUT2D eigenvalue weighted by Crippen LogP contribution is 2.13. The molecule has 0 amide bonds. The lowest BCUT2D eigenvalue weighted by Gasteiger charge is -2.04. The van der Waals surface area contributed by atoms with E-state index in [1.807, 2.05) is 6.07 Å². The fourth-order valence-corrected chi connectivity index (χ4v) is 1.59. The average molecular weight is 280 g/mol. The van der Waals surface area contributed by atoms with Gasteiger partial charge in [0.05, 0.1) is 0 Å². The van der Waals surface area contributed by atoms with Gasteiger partial charge < -0.3 is 0 Å². The van der Waals surface area contributed by atoms with Crippen LogP contribution in [0.3, 0.4) is 0 Å². The van der Waals surface area contributed by atoms with Gasteiger partial charge in [-0.25, -0.2) is 0 Å². The molecular weight excluding hydrogens is 264 g/mol. The molecule has 106 valence electrons. The summed E-state index contributed by atoms with van der Waals surface area (Å²) in [5.74, 6) is 0.227. The first-order chi connectivity index (χ1) is 10.1. The molecule has 2 aromatic heterocycles. The fourth-order valence-electron chi connectivity index (χ4n) is 1.59. The molecule has 2 N–H and O–H groups in total. The quantitative estimate of drug-likeness (QED) is 0.511. The summed E-state index contributed by atoms with van der Waals surface area (Å²) >= 11 is 0. The van der Waals surface area contributed by atoms with Crippen LogP contribution in [0.1, 0.15) is 36.7 Å². The summed E-state index contributed by atoms with van der Waals surface area (Å²) in [4.78, 5) is 8.18. The lowest BCUT2D eigenvalue weighted by Crippen LogP contribution is -2.02. The molecule has 21 heavy (non-hydrogen) atoms. The van der Waals surface area contributed by atoms with E-state index in [0.29, 0.717) is 17.3 Å². The Morgan fingerprint density at radius 2 is 1.62 bits per heavy atom. The minimum Gasteiger partial charge on any atom is -0.279 e. The van der Waals surface area contributed by atoms with Gasteiger partial charge in [-0.15, -0.1) is 10.2 Å². The maximum Gasteiger partial charge on any atom is 0.193 e. The van der Waals surface area contributed by atoms with Crippen molar-refractivity contribution >= 4 is 11.7 Å². The zero-order chi connectivity index (χ0) is 15.2. The Bertz CT molecular complexity index is 658. The average Bonchev–Trinajstić information content (AvgIpc) is 2.53. The van der Waals surface area contributed by atoms with Crippen LogP contribution in [0.25, 0.3) is 0 Å². The van der Waals surface area contributed by atoms with Crippen LogP contribution in [0.5, 0.6) is 0 Å². The Labute approximate surface area is 123 Å². The number of nitrogens with zero attached hydrogens (tertiary/aromatic N) is 4. The van der Waals surface area contributed by atoms with Gasteiger partial charge in [-0.2, -0.15) is 0 Å². The number of amidine groups is 2. The predicted octanol–water partition coefficient (Wildman–Crippen LogP) is 3.40. The number of hydrogen-bond donors (Lipinski definition) is 2.